The summed E-state index contributed by atoms with van der Waals surface area (Å²) in [6, 6.07) is 17.9. The van der Waals surface area contributed by atoms with E-state index in [9.17, 15) is 0 Å². The number of nitrogens with two attached hydrogens (primary N) is 1. The first-order valence-electron chi connectivity index (χ1n) is 9.89. The maximum Gasteiger partial charge on any atom is 0.0352 e. The van der Waals surface area contributed by atoms with Crippen molar-refractivity contribution in [3.63, 3.8) is 0 Å². The molecule has 0 bridgehead atoms. The van der Waals surface area contributed by atoms with E-state index >= 15 is 0 Å². The minimum Gasteiger partial charge on any atom is -0.398 e. The minimum atomic E-state index is 0.898. The highest BCUT2D eigenvalue weighted by molar-refractivity contribution is 5.53. The number of rotatable bonds is 5. The number of anilines is 1. The Morgan fingerprint density at radius 1 is 0.630 bits per heavy atom. The standard InChI is InChI=1S/C26H31N/c1-6-25-23(15-21-9-7-17(2)11-20(21)5)12-19(4)13-24(25)16-22-10-8-18(3)14-26(22)27/h7-14H,6,15-16,27H2,1-5H3. The van der Waals surface area contributed by atoms with E-state index in [-0.39, 0.29) is 0 Å². The maximum atomic E-state index is 6.29. The molecule has 0 saturated carbocycles. The first-order valence-corrected chi connectivity index (χ1v) is 9.89. The van der Waals surface area contributed by atoms with E-state index < -0.39 is 0 Å². The summed E-state index contributed by atoms with van der Waals surface area (Å²) in [5, 5.41) is 0. The summed E-state index contributed by atoms with van der Waals surface area (Å²) in [5.41, 5.74) is 19.4. The van der Waals surface area contributed by atoms with Gasteiger partial charge in [-0.15, -0.1) is 0 Å². The van der Waals surface area contributed by atoms with Gasteiger partial charge in [-0.3, -0.25) is 0 Å². The molecule has 0 heterocycles. The zero-order valence-corrected chi connectivity index (χ0v) is 17.3. The Balaban J connectivity index is 2.00. The average Bonchev–Trinajstić information content (AvgIpc) is 2.60. The van der Waals surface area contributed by atoms with Gasteiger partial charge in [-0.2, -0.15) is 0 Å². The third-order valence-electron chi connectivity index (χ3n) is 5.49. The van der Waals surface area contributed by atoms with Gasteiger partial charge in [0.15, 0.2) is 0 Å². The Kier molecular flexibility index (Phi) is 5.70. The lowest BCUT2D eigenvalue weighted by molar-refractivity contribution is 0.998. The van der Waals surface area contributed by atoms with Crippen LogP contribution in [-0.4, -0.2) is 0 Å². The summed E-state index contributed by atoms with van der Waals surface area (Å²) >= 11 is 0. The second kappa shape index (κ2) is 8.00. The van der Waals surface area contributed by atoms with Gasteiger partial charge in [0.2, 0.25) is 0 Å². The molecule has 0 fully saturated rings. The van der Waals surface area contributed by atoms with E-state index in [0.717, 1.165) is 24.9 Å². The highest BCUT2D eigenvalue weighted by atomic mass is 14.6. The predicted molar refractivity (Wildman–Crippen MR) is 118 cm³/mol. The van der Waals surface area contributed by atoms with Crippen molar-refractivity contribution in [1.82, 2.24) is 0 Å². The zero-order chi connectivity index (χ0) is 19.6. The molecular weight excluding hydrogens is 326 g/mol. The van der Waals surface area contributed by atoms with Crippen LogP contribution >= 0.6 is 0 Å². The van der Waals surface area contributed by atoms with Gasteiger partial charge in [0, 0.05) is 5.69 Å². The molecule has 0 unspecified atom stereocenters. The molecule has 0 aliphatic rings. The van der Waals surface area contributed by atoms with Crippen LogP contribution in [0.15, 0.2) is 48.5 Å². The van der Waals surface area contributed by atoms with Crippen molar-refractivity contribution >= 4 is 5.69 Å². The van der Waals surface area contributed by atoms with Crippen molar-refractivity contribution in [2.24, 2.45) is 0 Å². The van der Waals surface area contributed by atoms with Crippen LogP contribution in [-0.2, 0) is 19.3 Å². The summed E-state index contributed by atoms with van der Waals surface area (Å²) < 4.78 is 0. The zero-order valence-electron chi connectivity index (χ0n) is 17.3. The third-order valence-corrected chi connectivity index (χ3v) is 5.49. The molecule has 1 nitrogen and oxygen atoms in total. The molecule has 27 heavy (non-hydrogen) atoms. The van der Waals surface area contributed by atoms with E-state index in [2.05, 4.69) is 83.1 Å². The van der Waals surface area contributed by atoms with E-state index in [4.69, 9.17) is 5.73 Å². The maximum absolute atomic E-state index is 6.29. The lowest BCUT2D eigenvalue weighted by Gasteiger charge is -2.17. The van der Waals surface area contributed by atoms with Crippen LogP contribution in [0.3, 0.4) is 0 Å². The molecule has 0 atom stereocenters. The molecule has 2 N–H and O–H groups in total. The Morgan fingerprint density at radius 2 is 1.19 bits per heavy atom. The van der Waals surface area contributed by atoms with Crippen LogP contribution in [0.5, 0.6) is 0 Å². The molecule has 140 valence electrons. The number of hydrogen-bond acceptors (Lipinski definition) is 1. The summed E-state index contributed by atoms with van der Waals surface area (Å²) in [4.78, 5) is 0. The third kappa shape index (κ3) is 4.42. The fourth-order valence-electron chi connectivity index (χ4n) is 4.07. The first kappa shape index (κ1) is 19.2. The highest BCUT2D eigenvalue weighted by Gasteiger charge is 2.12. The second-order valence-electron chi connectivity index (χ2n) is 7.90. The minimum absolute atomic E-state index is 0.898. The summed E-state index contributed by atoms with van der Waals surface area (Å²) in [5.74, 6) is 0. The average molecular weight is 358 g/mol. The van der Waals surface area contributed by atoms with Crippen molar-refractivity contribution in [3.8, 4) is 0 Å². The number of aryl methyl sites for hydroxylation is 4. The first-order chi connectivity index (χ1) is 12.9. The van der Waals surface area contributed by atoms with E-state index in [0.29, 0.717) is 0 Å². The molecule has 1 heteroatoms. The van der Waals surface area contributed by atoms with E-state index in [1.165, 1.54) is 50.1 Å². The number of nitrogen functional groups attached to an aromatic ring is 1. The van der Waals surface area contributed by atoms with Gasteiger partial charge < -0.3 is 5.73 Å². The molecule has 0 aliphatic heterocycles. The Hall–Kier alpha value is -2.54. The van der Waals surface area contributed by atoms with Crippen LogP contribution in [0.1, 0.15) is 57.0 Å². The Bertz CT molecular complexity index is 891. The number of hydrogen-bond donors (Lipinski definition) is 1. The normalized spacial score (nSPS) is 11.0. The molecule has 0 radical (unpaired) electrons. The Morgan fingerprint density at radius 3 is 1.74 bits per heavy atom. The van der Waals surface area contributed by atoms with Gasteiger partial charge in [-0.05, 0) is 92.0 Å². The van der Waals surface area contributed by atoms with Crippen LogP contribution in [0.4, 0.5) is 5.69 Å². The quantitative estimate of drug-likeness (QED) is 0.537. The second-order valence-corrected chi connectivity index (χ2v) is 7.90. The molecule has 0 aromatic heterocycles. The topological polar surface area (TPSA) is 26.0 Å². The molecule has 0 aliphatic carbocycles. The monoisotopic (exact) mass is 357 g/mol. The highest BCUT2D eigenvalue weighted by Crippen LogP contribution is 2.27. The molecule has 0 spiro atoms. The smallest absolute Gasteiger partial charge is 0.0352 e. The fraction of sp³-hybridized carbons (Fsp3) is 0.308. The molecule has 3 aromatic rings. The SMILES string of the molecule is CCc1c(Cc2ccc(C)cc2C)cc(C)cc1Cc1ccc(C)cc1N. The van der Waals surface area contributed by atoms with Crippen molar-refractivity contribution in [2.45, 2.75) is 53.9 Å². The van der Waals surface area contributed by atoms with E-state index in [1.807, 2.05) is 0 Å². The number of benzene rings is 3. The molecule has 0 amide bonds. The largest absolute Gasteiger partial charge is 0.398 e. The van der Waals surface area contributed by atoms with Gasteiger partial charge >= 0.3 is 0 Å². The van der Waals surface area contributed by atoms with Crippen LogP contribution in [0.2, 0.25) is 0 Å². The summed E-state index contributed by atoms with van der Waals surface area (Å²) in [7, 11) is 0. The van der Waals surface area contributed by atoms with Gasteiger partial charge in [0.05, 0.1) is 0 Å². The van der Waals surface area contributed by atoms with Gasteiger partial charge in [0.25, 0.3) is 0 Å². The van der Waals surface area contributed by atoms with Crippen LogP contribution < -0.4 is 5.73 Å². The van der Waals surface area contributed by atoms with Gasteiger partial charge in [-0.1, -0.05) is 60.5 Å². The van der Waals surface area contributed by atoms with Crippen LogP contribution in [0, 0.1) is 27.7 Å². The van der Waals surface area contributed by atoms with Crippen molar-refractivity contribution < 1.29 is 0 Å². The van der Waals surface area contributed by atoms with Crippen molar-refractivity contribution in [3.05, 3.63) is 98.6 Å². The molecular formula is C26H31N. The lowest BCUT2D eigenvalue weighted by Crippen LogP contribution is -2.05. The van der Waals surface area contributed by atoms with Crippen molar-refractivity contribution in [1.29, 1.82) is 0 Å². The predicted octanol–water partition coefficient (Wildman–Crippen LogP) is 6.25. The molecule has 0 saturated heterocycles. The molecule has 3 rings (SSSR count). The van der Waals surface area contributed by atoms with Crippen molar-refractivity contribution in [2.75, 3.05) is 5.73 Å². The fourth-order valence-corrected chi connectivity index (χ4v) is 4.07. The van der Waals surface area contributed by atoms with Crippen LogP contribution in [0.25, 0.3) is 0 Å². The molecule has 3 aromatic carbocycles. The van der Waals surface area contributed by atoms with Gasteiger partial charge in [0.1, 0.15) is 0 Å². The van der Waals surface area contributed by atoms with E-state index in [1.54, 1.807) is 0 Å². The lowest BCUT2D eigenvalue weighted by atomic mass is 9.88. The summed E-state index contributed by atoms with van der Waals surface area (Å²) in [6.07, 6.45) is 2.94. The van der Waals surface area contributed by atoms with Gasteiger partial charge in [-0.25, -0.2) is 0 Å². The summed E-state index contributed by atoms with van der Waals surface area (Å²) in [6.45, 7) is 10.9. The Labute approximate surface area is 164 Å².